The summed E-state index contributed by atoms with van der Waals surface area (Å²) in [6.07, 6.45) is 1.57. The topological polar surface area (TPSA) is 50.1 Å². The lowest BCUT2D eigenvalue weighted by Crippen LogP contribution is -2.08. The molecule has 0 heterocycles. The number of nitrogens with zero attached hydrogens (tertiary/aromatic N) is 1. The van der Waals surface area contributed by atoms with E-state index in [4.69, 9.17) is 10.00 Å². The first-order valence-electron chi connectivity index (χ1n) is 7.63. The number of carbonyl (C=O) groups excluding carboxylic acids is 1. The van der Waals surface area contributed by atoms with Crippen LogP contribution in [-0.4, -0.2) is 5.78 Å². The minimum Gasteiger partial charge on any atom is -0.489 e. The Balaban J connectivity index is 2.05. The van der Waals surface area contributed by atoms with E-state index in [9.17, 15) is 9.18 Å². The molecule has 2 aromatic carbocycles. The van der Waals surface area contributed by atoms with Gasteiger partial charge >= 0.3 is 0 Å². The summed E-state index contributed by atoms with van der Waals surface area (Å²) < 4.78 is 18.7. The van der Waals surface area contributed by atoms with Crippen LogP contribution in [-0.2, 0) is 11.4 Å². The number of ketones is 1. The average Bonchev–Trinajstić information content (AvgIpc) is 2.58. The van der Waals surface area contributed by atoms with E-state index < -0.39 is 0 Å². The van der Waals surface area contributed by atoms with Gasteiger partial charge in [-0.05, 0) is 41.5 Å². The maximum atomic E-state index is 13.1. The summed E-state index contributed by atoms with van der Waals surface area (Å²) >= 11 is 0. The number of Topliss-reactive ketones (excluding diaryl/α,β-unsaturated/α-hetero) is 1. The molecule has 0 amide bonds. The zero-order valence-corrected chi connectivity index (χ0v) is 13.6. The minimum absolute atomic E-state index is 0.137. The van der Waals surface area contributed by atoms with Crippen molar-refractivity contribution in [2.24, 2.45) is 5.92 Å². The standard InChI is InChI=1S/C20H18FNO2/c1-14(2)20(23)17(12-22)10-15-6-8-19(9-7-15)24-13-16-4-3-5-18(21)11-16/h3-11,14H,13H2,1-2H3. The zero-order valence-electron chi connectivity index (χ0n) is 13.6. The van der Waals surface area contributed by atoms with Crippen molar-refractivity contribution in [2.75, 3.05) is 0 Å². The van der Waals surface area contributed by atoms with Crippen molar-refractivity contribution in [3.63, 3.8) is 0 Å². The predicted molar refractivity (Wildman–Crippen MR) is 90.6 cm³/mol. The van der Waals surface area contributed by atoms with E-state index in [1.807, 2.05) is 6.07 Å². The molecule has 24 heavy (non-hydrogen) atoms. The highest BCUT2D eigenvalue weighted by atomic mass is 19.1. The van der Waals surface area contributed by atoms with E-state index in [-0.39, 0.29) is 29.7 Å². The summed E-state index contributed by atoms with van der Waals surface area (Å²) in [5.41, 5.74) is 1.63. The molecule has 0 saturated carbocycles. The Morgan fingerprint density at radius 1 is 1.25 bits per heavy atom. The normalized spacial score (nSPS) is 11.2. The lowest BCUT2D eigenvalue weighted by Gasteiger charge is -2.07. The number of hydrogen-bond acceptors (Lipinski definition) is 3. The first-order chi connectivity index (χ1) is 11.5. The van der Waals surface area contributed by atoms with Crippen molar-refractivity contribution >= 4 is 11.9 Å². The summed E-state index contributed by atoms with van der Waals surface area (Å²) in [4.78, 5) is 11.9. The fraction of sp³-hybridized carbons (Fsp3) is 0.200. The van der Waals surface area contributed by atoms with Gasteiger partial charge in [0.15, 0.2) is 5.78 Å². The third kappa shape index (κ3) is 4.79. The van der Waals surface area contributed by atoms with Gasteiger partial charge in [-0.3, -0.25) is 4.79 Å². The SMILES string of the molecule is CC(C)C(=O)C(C#N)=Cc1ccc(OCc2cccc(F)c2)cc1. The number of ether oxygens (including phenoxy) is 1. The van der Waals surface area contributed by atoms with Crippen molar-refractivity contribution in [2.45, 2.75) is 20.5 Å². The third-order valence-electron chi connectivity index (χ3n) is 3.40. The van der Waals surface area contributed by atoms with Gasteiger partial charge < -0.3 is 4.74 Å². The van der Waals surface area contributed by atoms with Crippen LogP contribution in [0.25, 0.3) is 6.08 Å². The zero-order chi connectivity index (χ0) is 17.5. The second-order valence-corrected chi connectivity index (χ2v) is 5.68. The Kier molecular flexibility index (Phi) is 5.86. The van der Waals surface area contributed by atoms with Crippen LogP contribution >= 0.6 is 0 Å². The average molecular weight is 323 g/mol. The van der Waals surface area contributed by atoms with Crippen molar-refractivity contribution in [3.8, 4) is 11.8 Å². The monoisotopic (exact) mass is 323 g/mol. The highest BCUT2D eigenvalue weighted by molar-refractivity contribution is 6.04. The van der Waals surface area contributed by atoms with Crippen LogP contribution in [0.3, 0.4) is 0 Å². The van der Waals surface area contributed by atoms with Gasteiger partial charge in [0.25, 0.3) is 0 Å². The van der Waals surface area contributed by atoms with Crippen molar-refractivity contribution in [1.29, 1.82) is 5.26 Å². The molecular formula is C20H18FNO2. The quantitative estimate of drug-likeness (QED) is 0.579. The Morgan fingerprint density at radius 2 is 1.96 bits per heavy atom. The maximum absolute atomic E-state index is 13.1. The van der Waals surface area contributed by atoms with Crippen LogP contribution in [0.15, 0.2) is 54.1 Å². The van der Waals surface area contributed by atoms with Crippen LogP contribution in [0.2, 0.25) is 0 Å². The highest BCUT2D eigenvalue weighted by Crippen LogP contribution is 2.17. The number of carbonyl (C=O) groups is 1. The van der Waals surface area contributed by atoms with Crippen molar-refractivity contribution < 1.29 is 13.9 Å². The fourth-order valence-corrected chi connectivity index (χ4v) is 2.09. The van der Waals surface area contributed by atoms with Crippen molar-refractivity contribution in [3.05, 3.63) is 71.0 Å². The Bertz CT molecular complexity index is 786. The van der Waals surface area contributed by atoms with Crippen LogP contribution in [0.4, 0.5) is 4.39 Å². The van der Waals surface area contributed by atoms with Crippen LogP contribution in [0.5, 0.6) is 5.75 Å². The molecule has 0 atom stereocenters. The van der Waals surface area contributed by atoms with Gasteiger partial charge in [0.05, 0.1) is 5.57 Å². The van der Waals surface area contributed by atoms with E-state index in [2.05, 4.69) is 0 Å². The molecule has 2 rings (SSSR count). The van der Waals surface area contributed by atoms with Crippen LogP contribution in [0.1, 0.15) is 25.0 Å². The predicted octanol–water partition coefficient (Wildman–Crippen LogP) is 4.54. The van der Waals surface area contributed by atoms with Gasteiger partial charge in [0.2, 0.25) is 0 Å². The van der Waals surface area contributed by atoms with E-state index in [1.54, 1.807) is 56.3 Å². The van der Waals surface area contributed by atoms with Gasteiger partial charge in [-0.25, -0.2) is 4.39 Å². The molecule has 0 radical (unpaired) electrons. The molecule has 3 nitrogen and oxygen atoms in total. The fourth-order valence-electron chi connectivity index (χ4n) is 2.09. The minimum atomic E-state index is -0.296. The number of allylic oxidation sites excluding steroid dienone is 1. The first-order valence-corrected chi connectivity index (χ1v) is 7.63. The largest absolute Gasteiger partial charge is 0.489 e. The molecule has 0 aliphatic rings. The molecule has 0 bridgehead atoms. The van der Waals surface area contributed by atoms with Crippen LogP contribution in [0, 0.1) is 23.1 Å². The van der Waals surface area contributed by atoms with E-state index in [1.165, 1.54) is 12.1 Å². The summed E-state index contributed by atoms with van der Waals surface area (Å²) in [5.74, 6) is -0.0609. The number of halogens is 1. The molecule has 0 saturated heterocycles. The molecular weight excluding hydrogens is 305 g/mol. The summed E-state index contributed by atoms with van der Waals surface area (Å²) in [6, 6.07) is 15.2. The van der Waals surface area contributed by atoms with Gasteiger partial charge in [-0.15, -0.1) is 0 Å². The van der Waals surface area contributed by atoms with Crippen LogP contribution < -0.4 is 4.74 Å². The smallest absolute Gasteiger partial charge is 0.175 e. The second kappa shape index (κ2) is 8.07. The van der Waals surface area contributed by atoms with E-state index in [0.29, 0.717) is 5.75 Å². The maximum Gasteiger partial charge on any atom is 0.175 e. The molecule has 0 fully saturated rings. The van der Waals surface area contributed by atoms with Gasteiger partial charge in [-0.2, -0.15) is 5.26 Å². The number of benzene rings is 2. The Morgan fingerprint density at radius 3 is 2.54 bits per heavy atom. The van der Waals surface area contributed by atoms with Crippen molar-refractivity contribution in [1.82, 2.24) is 0 Å². The van der Waals surface area contributed by atoms with Gasteiger partial charge in [-0.1, -0.05) is 38.1 Å². The number of rotatable bonds is 6. The summed E-state index contributed by atoms with van der Waals surface area (Å²) in [5, 5.41) is 9.10. The first kappa shape index (κ1) is 17.4. The second-order valence-electron chi connectivity index (χ2n) is 5.68. The molecule has 0 aliphatic heterocycles. The molecule has 0 spiro atoms. The molecule has 2 aromatic rings. The molecule has 0 unspecified atom stereocenters. The summed E-state index contributed by atoms with van der Waals surface area (Å²) in [6.45, 7) is 3.79. The highest BCUT2D eigenvalue weighted by Gasteiger charge is 2.13. The Hall–Kier alpha value is -2.93. The Labute approximate surface area is 141 Å². The van der Waals surface area contributed by atoms with E-state index in [0.717, 1.165) is 11.1 Å². The lowest BCUT2D eigenvalue weighted by atomic mass is 10.00. The molecule has 0 aliphatic carbocycles. The molecule has 0 aromatic heterocycles. The number of hydrogen-bond donors (Lipinski definition) is 0. The van der Waals surface area contributed by atoms with Gasteiger partial charge in [0.1, 0.15) is 24.2 Å². The van der Waals surface area contributed by atoms with Gasteiger partial charge in [0, 0.05) is 5.92 Å². The molecule has 122 valence electrons. The summed E-state index contributed by atoms with van der Waals surface area (Å²) in [7, 11) is 0. The molecule has 0 N–H and O–H groups in total. The lowest BCUT2D eigenvalue weighted by molar-refractivity contribution is -0.117. The number of nitriles is 1. The molecule has 4 heteroatoms. The third-order valence-corrected chi connectivity index (χ3v) is 3.40. The van der Waals surface area contributed by atoms with E-state index >= 15 is 0 Å².